The molecule has 0 aromatic heterocycles. The van der Waals surface area contributed by atoms with Crippen molar-refractivity contribution in [3.8, 4) is 16.9 Å². The third-order valence-electron chi connectivity index (χ3n) is 2.00. The van der Waals surface area contributed by atoms with E-state index in [2.05, 4.69) is 0 Å². The molecule has 0 fully saturated rings. The molecule has 3 nitrogen and oxygen atoms in total. The Hall–Kier alpha value is -1.61. The first kappa shape index (κ1) is 8.97. The number of aromatic hydroxyl groups is 1. The Morgan fingerprint density at radius 3 is 2.43 bits per heavy atom. The van der Waals surface area contributed by atoms with E-state index in [4.69, 9.17) is 16.7 Å². The topological polar surface area (TPSA) is 54.4 Å². The minimum Gasteiger partial charge on any atom is -0.503 e. The van der Waals surface area contributed by atoms with E-state index in [1.54, 1.807) is 18.2 Å². The third kappa shape index (κ3) is 1.14. The van der Waals surface area contributed by atoms with Gasteiger partial charge in [0, 0.05) is 5.02 Å². The van der Waals surface area contributed by atoms with Crippen molar-refractivity contribution in [2.24, 2.45) is 0 Å². The van der Waals surface area contributed by atoms with Crippen molar-refractivity contribution in [3.63, 3.8) is 0 Å². The molecule has 2 aromatic rings. The minimum absolute atomic E-state index is 0.0532. The molecule has 0 aliphatic carbocycles. The first-order valence-electron chi connectivity index (χ1n) is 3.89. The highest BCUT2D eigenvalue weighted by atomic mass is 35.5. The maximum absolute atomic E-state index is 11.1. The van der Waals surface area contributed by atoms with Crippen molar-refractivity contribution in [2.75, 3.05) is 0 Å². The zero-order chi connectivity index (χ0) is 10.3. The lowest BCUT2D eigenvalue weighted by Gasteiger charge is -2.05. The average Bonchev–Trinajstić information content (AvgIpc) is 2.18. The summed E-state index contributed by atoms with van der Waals surface area (Å²) in [5.41, 5.74) is -0.971. The van der Waals surface area contributed by atoms with Crippen molar-refractivity contribution < 1.29 is 5.11 Å². The van der Waals surface area contributed by atoms with Gasteiger partial charge in [0.25, 0.3) is 5.43 Å². The van der Waals surface area contributed by atoms with Gasteiger partial charge in [0.1, 0.15) is 0 Å². The van der Waals surface area contributed by atoms with Crippen LogP contribution in [0, 0.1) is 0 Å². The van der Waals surface area contributed by atoms with Crippen LogP contribution >= 0.6 is 11.6 Å². The molecular weight excluding hydrogens is 204 g/mol. The molecule has 0 amide bonds. The molecule has 70 valence electrons. The van der Waals surface area contributed by atoms with Gasteiger partial charge in [0.15, 0.2) is 5.75 Å². The van der Waals surface area contributed by atoms with Gasteiger partial charge in [-0.1, -0.05) is 23.7 Å². The van der Waals surface area contributed by atoms with E-state index in [0.717, 1.165) is 0 Å². The summed E-state index contributed by atoms with van der Waals surface area (Å²) in [6, 6.07) is 6.43. The van der Waals surface area contributed by atoms with Crippen molar-refractivity contribution in [1.29, 1.82) is 0 Å². The summed E-state index contributed by atoms with van der Waals surface area (Å²) in [5.74, 6) is -0.475. The van der Waals surface area contributed by atoms with Gasteiger partial charge in [0.05, 0.1) is 5.56 Å². The molecular formula is C10H5ClO3. The summed E-state index contributed by atoms with van der Waals surface area (Å²) in [4.78, 5) is 21.8. The van der Waals surface area contributed by atoms with E-state index < -0.39 is 16.6 Å². The van der Waals surface area contributed by atoms with Gasteiger partial charge in [-0.25, -0.2) is 0 Å². The highest BCUT2D eigenvalue weighted by Gasteiger charge is 2.21. The quantitative estimate of drug-likeness (QED) is 0.719. The van der Waals surface area contributed by atoms with Crippen molar-refractivity contribution in [1.82, 2.24) is 0 Å². The molecule has 0 saturated carbocycles. The van der Waals surface area contributed by atoms with E-state index in [1.165, 1.54) is 6.07 Å². The SMILES string of the molecule is O=c1c(O)c(-c2cccc(Cl)c2)c1=O. The number of hydrogen-bond acceptors (Lipinski definition) is 3. The van der Waals surface area contributed by atoms with E-state index >= 15 is 0 Å². The lowest BCUT2D eigenvalue weighted by molar-refractivity contribution is 0.465. The highest BCUT2D eigenvalue weighted by molar-refractivity contribution is 6.30. The fourth-order valence-corrected chi connectivity index (χ4v) is 1.48. The molecule has 0 atom stereocenters. The van der Waals surface area contributed by atoms with Gasteiger partial charge in [-0.3, -0.25) is 9.59 Å². The normalized spacial score (nSPS) is 10.6. The Labute approximate surface area is 83.9 Å². The average molecular weight is 209 g/mol. The Bertz CT molecular complexity index is 565. The number of benzene rings is 1. The molecule has 0 heterocycles. The summed E-state index contributed by atoms with van der Waals surface area (Å²) in [7, 11) is 0. The Morgan fingerprint density at radius 1 is 1.14 bits per heavy atom. The van der Waals surface area contributed by atoms with E-state index in [-0.39, 0.29) is 5.56 Å². The maximum Gasteiger partial charge on any atom is 0.268 e. The molecule has 2 aromatic carbocycles. The lowest BCUT2D eigenvalue weighted by Crippen LogP contribution is -2.31. The van der Waals surface area contributed by atoms with Crippen LogP contribution in [-0.4, -0.2) is 5.11 Å². The fraction of sp³-hybridized carbons (Fsp3) is 0. The van der Waals surface area contributed by atoms with E-state index in [0.29, 0.717) is 10.6 Å². The molecule has 4 heteroatoms. The molecule has 0 aliphatic rings. The molecule has 0 bridgehead atoms. The third-order valence-corrected chi connectivity index (χ3v) is 2.23. The predicted molar refractivity (Wildman–Crippen MR) is 53.5 cm³/mol. The van der Waals surface area contributed by atoms with Crippen LogP contribution in [-0.2, 0) is 0 Å². The number of rotatable bonds is 1. The smallest absolute Gasteiger partial charge is 0.268 e. The lowest BCUT2D eigenvalue weighted by atomic mass is 10.0. The summed E-state index contributed by atoms with van der Waals surface area (Å²) in [5, 5.41) is 9.61. The molecule has 0 radical (unpaired) electrons. The monoisotopic (exact) mass is 208 g/mol. The first-order chi connectivity index (χ1) is 6.61. The summed E-state index contributed by atoms with van der Waals surface area (Å²) in [6.45, 7) is 0. The Balaban J connectivity index is 2.63. The van der Waals surface area contributed by atoms with Crippen LogP contribution in [0.4, 0.5) is 0 Å². The Morgan fingerprint density at radius 2 is 1.86 bits per heavy atom. The molecule has 0 spiro atoms. The van der Waals surface area contributed by atoms with Gasteiger partial charge in [-0.05, 0) is 17.7 Å². The summed E-state index contributed by atoms with van der Waals surface area (Å²) >= 11 is 5.70. The van der Waals surface area contributed by atoms with Gasteiger partial charge in [0.2, 0.25) is 5.43 Å². The summed E-state index contributed by atoms with van der Waals surface area (Å²) < 4.78 is 0. The van der Waals surface area contributed by atoms with Crippen molar-refractivity contribution in [3.05, 3.63) is 49.7 Å². The number of halogens is 1. The van der Waals surface area contributed by atoms with Crippen LogP contribution in [0.3, 0.4) is 0 Å². The predicted octanol–water partition coefficient (Wildman–Crippen LogP) is 1.31. The molecule has 14 heavy (non-hydrogen) atoms. The van der Waals surface area contributed by atoms with Crippen LogP contribution in [0.5, 0.6) is 5.75 Å². The fourth-order valence-electron chi connectivity index (χ4n) is 1.29. The van der Waals surface area contributed by atoms with Crippen LogP contribution in [0.25, 0.3) is 11.1 Å². The van der Waals surface area contributed by atoms with Crippen LogP contribution in [0.15, 0.2) is 33.9 Å². The zero-order valence-electron chi connectivity index (χ0n) is 6.95. The largest absolute Gasteiger partial charge is 0.503 e. The molecule has 0 saturated heterocycles. The number of hydrogen-bond donors (Lipinski definition) is 1. The van der Waals surface area contributed by atoms with Gasteiger partial charge < -0.3 is 5.11 Å². The first-order valence-corrected chi connectivity index (χ1v) is 4.27. The van der Waals surface area contributed by atoms with Crippen LogP contribution < -0.4 is 10.9 Å². The zero-order valence-corrected chi connectivity index (χ0v) is 7.71. The van der Waals surface area contributed by atoms with Crippen LogP contribution in [0.1, 0.15) is 0 Å². The van der Waals surface area contributed by atoms with E-state index in [9.17, 15) is 9.59 Å². The molecule has 0 aliphatic heterocycles. The Kier molecular flexibility index (Phi) is 1.89. The minimum atomic E-state index is -0.833. The second-order valence-corrected chi connectivity index (χ2v) is 3.33. The molecule has 2 rings (SSSR count). The second-order valence-electron chi connectivity index (χ2n) is 2.89. The van der Waals surface area contributed by atoms with Gasteiger partial charge >= 0.3 is 0 Å². The standard InChI is InChI=1S/C10H5ClO3/c11-6-3-1-2-5(4-6)7-8(12)10(14)9(7)13/h1-4,12H. The highest BCUT2D eigenvalue weighted by Crippen LogP contribution is 2.26. The van der Waals surface area contributed by atoms with Gasteiger partial charge in [-0.2, -0.15) is 0 Å². The van der Waals surface area contributed by atoms with Crippen molar-refractivity contribution in [2.45, 2.75) is 0 Å². The second kappa shape index (κ2) is 2.96. The van der Waals surface area contributed by atoms with Gasteiger partial charge in [-0.15, -0.1) is 0 Å². The van der Waals surface area contributed by atoms with Crippen molar-refractivity contribution >= 4 is 11.6 Å². The summed E-state index contributed by atoms with van der Waals surface area (Å²) in [6.07, 6.45) is 0. The van der Waals surface area contributed by atoms with Crippen LogP contribution in [0.2, 0.25) is 5.02 Å². The molecule has 1 N–H and O–H groups in total. The van der Waals surface area contributed by atoms with E-state index in [1.807, 2.05) is 0 Å². The molecule has 0 unspecified atom stereocenters. The maximum atomic E-state index is 11.1.